The molecule has 0 aromatic rings. The third-order valence-electron chi connectivity index (χ3n) is 8.83. The maximum atomic E-state index is 11.9. The van der Waals surface area contributed by atoms with Gasteiger partial charge in [-0.25, -0.2) is 0 Å². The minimum atomic E-state index is -0.826. The van der Waals surface area contributed by atoms with Crippen LogP contribution < -0.4 is 22.1 Å². The fourth-order valence-electron chi connectivity index (χ4n) is 5.12. The van der Waals surface area contributed by atoms with Crippen LogP contribution in [0.3, 0.4) is 0 Å². The maximum absolute atomic E-state index is 11.9. The quantitative estimate of drug-likeness (QED) is 0.00839. The van der Waals surface area contributed by atoms with Gasteiger partial charge in [-0.1, -0.05) is 51.2 Å². The van der Waals surface area contributed by atoms with E-state index in [2.05, 4.69) is 43.0 Å². The molecule has 292 valence electrons. The number of methoxy groups -OCH3 is 1. The van der Waals surface area contributed by atoms with Crippen LogP contribution in [-0.2, 0) is 19.1 Å². The van der Waals surface area contributed by atoms with Crippen LogP contribution in [0.1, 0.15) is 118 Å². The lowest BCUT2D eigenvalue weighted by molar-refractivity contribution is -0.117. The van der Waals surface area contributed by atoms with Crippen LogP contribution in [0.25, 0.3) is 0 Å². The molecule has 1 amide bonds. The van der Waals surface area contributed by atoms with Crippen LogP contribution in [0.4, 0.5) is 0 Å². The lowest BCUT2D eigenvalue weighted by atomic mass is 9.81. The van der Waals surface area contributed by atoms with Gasteiger partial charge in [0, 0.05) is 31.7 Å². The first kappa shape index (κ1) is 49.5. The van der Waals surface area contributed by atoms with Crippen LogP contribution >= 0.6 is 0 Å². The fourth-order valence-corrected chi connectivity index (χ4v) is 5.12. The Morgan fingerprint density at radius 2 is 1.68 bits per heavy atom. The average molecular weight is 712 g/mol. The van der Waals surface area contributed by atoms with Crippen molar-refractivity contribution in [3.8, 4) is 0 Å². The van der Waals surface area contributed by atoms with Crippen molar-refractivity contribution in [1.29, 1.82) is 0 Å². The zero-order valence-electron chi connectivity index (χ0n) is 32.2. The van der Waals surface area contributed by atoms with Crippen LogP contribution in [0.5, 0.6) is 0 Å². The molecule has 50 heavy (non-hydrogen) atoms. The molecule has 0 aromatic heterocycles. The fraction of sp³-hybridized carbons (Fsp3) is 0.763. The molecule has 4 unspecified atom stereocenters. The summed E-state index contributed by atoms with van der Waals surface area (Å²) in [6.45, 7) is 14.8. The highest BCUT2D eigenvalue weighted by molar-refractivity contribution is 5.87. The van der Waals surface area contributed by atoms with E-state index in [0.29, 0.717) is 25.2 Å². The van der Waals surface area contributed by atoms with Gasteiger partial charge < -0.3 is 46.4 Å². The number of ether oxygens (including phenoxy) is 2. The third kappa shape index (κ3) is 30.2. The molecule has 12 nitrogen and oxygen atoms in total. The highest BCUT2D eigenvalue weighted by Crippen LogP contribution is 2.30. The van der Waals surface area contributed by atoms with Crippen LogP contribution in [0, 0.1) is 11.3 Å². The number of aliphatic hydroxyl groups is 3. The molecule has 0 aliphatic rings. The molecule has 0 aliphatic carbocycles. The number of rotatable bonds is 29. The molecule has 12 heteroatoms. The van der Waals surface area contributed by atoms with Gasteiger partial charge in [0.2, 0.25) is 5.91 Å². The number of carbonyl (C=O) groups excluding carboxylic acids is 2. The van der Waals surface area contributed by atoms with E-state index in [1.54, 1.807) is 13.2 Å². The molecule has 9 N–H and O–H groups in total. The van der Waals surface area contributed by atoms with E-state index in [-0.39, 0.29) is 48.6 Å². The Balaban J connectivity index is 0. The van der Waals surface area contributed by atoms with Crippen molar-refractivity contribution in [2.75, 3.05) is 27.5 Å². The molecular weight excluding hydrogens is 638 g/mol. The van der Waals surface area contributed by atoms with Gasteiger partial charge in [0.05, 0.1) is 12.2 Å². The zero-order valence-corrected chi connectivity index (χ0v) is 32.2. The van der Waals surface area contributed by atoms with E-state index in [0.717, 1.165) is 82.6 Å². The van der Waals surface area contributed by atoms with Gasteiger partial charge in [0.1, 0.15) is 25.4 Å². The van der Waals surface area contributed by atoms with Crippen LogP contribution in [-0.4, -0.2) is 91.5 Å². The molecule has 0 fully saturated rings. The SMILES string of the molecule is C=C(CCC[C@H](O)C=O)C(C)C(C)OC.CNC(CCCC(C)(C)CC[C@H](O)CCC/C=C/C=C/C(=O)NC(C)CCCN=C(N)N)OCO. The monoisotopic (exact) mass is 712 g/mol. The molecule has 0 bridgehead atoms. The van der Waals surface area contributed by atoms with Crippen molar-refractivity contribution in [2.45, 2.75) is 149 Å². The first-order chi connectivity index (χ1) is 23.6. The number of unbranched alkanes of at least 4 members (excludes halogenated alkanes) is 1. The number of nitrogens with two attached hydrogens (primary N) is 2. The lowest BCUT2D eigenvalue weighted by Crippen LogP contribution is -2.31. The second-order valence-corrected chi connectivity index (χ2v) is 13.9. The number of hydrogen-bond acceptors (Lipinski definition) is 9. The van der Waals surface area contributed by atoms with E-state index < -0.39 is 6.10 Å². The van der Waals surface area contributed by atoms with E-state index in [9.17, 15) is 14.7 Å². The number of aliphatic imine (C=N–C) groups is 1. The minimum Gasteiger partial charge on any atom is -0.393 e. The summed E-state index contributed by atoms with van der Waals surface area (Å²) in [4.78, 5) is 26.0. The van der Waals surface area contributed by atoms with Gasteiger partial charge in [-0.15, -0.1) is 0 Å². The van der Waals surface area contributed by atoms with Gasteiger partial charge in [-0.05, 0) is 110 Å². The molecule has 0 spiro atoms. The zero-order chi connectivity index (χ0) is 38.4. The summed E-state index contributed by atoms with van der Waals surface area (Å²) in [5, 5.41) is 34.2. The summed E-state index contributed by atoms with van der Waals surface area (Å²) in [6, 6.07) is 0.0577. The Bertz CT molecular complexity index is 969. The van der Waals surface area contributed by atoms with Gasteiger partial charge >= 0.3 is 0 Å². The predicted molar refractivity (Wildman–Crippen MR) is 204 cm³/mol. The Kier molecular flexibility index (Phi) is 30.8. The molecule has 0 radical (unpaired) electrons. The Hall–Kier alpha value is -2.61. The van der Waals surface area contributed by atoms with E-state index in [1.807, 2.05) is 33.0 Å². The number of allylic oxidation sites excluding steroid dienone is 3. The first-order valence-electron chi connectivity index (χ1n) is 18.2. The number of aldehydes is 1. The minimum absolute atomic E-state index is 0.0577. The maximum Gasteiger partial charge on any atom is 0.244 e. The summed E-state index contributed by atoms with van der Waals surface area (Å²) < 4.78 is 10.4. The molecule has 0 aliphatic heterocycles. The van der Waals surface area contributed by atoms with Crippen molar-refractivity contribution in [1.82, 2.24) is 10.6 Å². The predicted octanol–water partition coefficient (Wildman–Crippen LogP) is 4.62. The highest BCUT2D eigenvalue weighted by Gasteiger charge is 2.20. The second-order valence-electron chi connectivity index (χ2n) is 13.9. The largest absolute Gasteiger partial charge is 0.393 e. The number of hydrogen-bond donors (Lipinski definition) is 7. The number of aliphatic hydroxyl groups excluding tert-OH is 3. The molecule has 0 rings (SSSR count). The molecule has 0 saturated heterocycles. The smallest absolute Gasteiger partial charge is 0.244 e. The highest BCUT2D eigenvalue weighted by atomic mass is 16.6. The molecule has 6 atom stereocenters. The van der Waals surface area contributed by atoms with E-state index in [4.69, 9.17) is 31.2 Å². The summed E-state index contributed by atoms with van der Waals surface area (Å²) in [5.74, 6) is 0.277. The Morgan fingerprint density at radius 1 is 0.980 bits per heavy atom. The third-order valence-corrected chi connectivity index (χ3v) is 8.83. The summed E-state index contributed by atoms with van der Waals surface area (Å²) in [7, 11) is 3.51. The van der Waals surface area contributed by atoms with Gasteiger partial charge in [0.15, 0.2) is 5.96 Å². The van der Waals surface area contributed by atoms with Crippen molar-refractivity contribution in [3.63, 3.8) is 0 Å². The number of carbonyl (C=O) groups is 2. The van der Waals surface area contributed by atoms with Crippen LogP contribution in [0.15, 0.2) is 41.4 Å². The second kappa shape index (κ2) is 31.2. The Morgan fingerprint density at radius 3 is 2.28 bits per heavy atom. The van der Waals surface area contributed by atoms with E-state index in [1.165, 1.54) is 6.08 Å². The molecule has 0 aromatic carbocycles. The number of nitrogens with zero attached hydrogens (tertiary/aromatic N) is 1. The topological polar surface area (TPSA) is 202 Å². The molecular formula is C38H73N5O7. The standard InChI is InChI=1S/C26H51N5O4.C12H22O3/c1-21(12-11-19-30-25(27)28)31-23(34)14-9-7-5-6-8-13-22(33)16-18-26(2,3)17-10-15-24(29-4)35-20-32;1-9(10(2)11(3)15-4)6-5-7-12(14)8-13/h5,7,9,14,21-22,24,29,32-33H,6,8,10-13,15-20H2,1-4H3,(H,31,34)(H4,27,28,30);8,10-12,14H,1,5-7H2,2-4H3/b7-5+,14-9+;/t21?,22-,24?;10?,11?,12-/m10/s1. The summed E-state index contributed by atoms with van der Waals surface area (Å²) in [5.41, 5.74) is 11.8. The average Bonchev–Trinajstić information content (AvgIpc) is 3.07. The van der Waals surface area contributed by atoms with Crippen molar-refractivity contribution >= 4 is 18.2 Å². The molecule has 0 heterocycles. The number of guanidine groups is 1. The lowest BCUT2D eigenvalue weighted by Gasteiger charge is -2.27. The first-order valence-corrected chi connectivity index (χ1v) is 18.2. The summed E-state index contributed by atoms with van der Waals surface area (Å²) in [6.07, 6.45) is 17.6. The normalized spacial score (nSPS) is 15.4. The van der Waals surface area contributed by atoms with Gasteiger partial charge in [0.25, 0.3) is 0 Å². The van der Waals surface area contributed by atoms with E-state index >= 15 is 0 Å². The number of nitrogens with one attached hydrogen (secondary N) is 2. The summed E-state index contributed by atoms with van der Waals surface area (Å²) >= 11 is 0. The molecule has 0 saturated carbocycles. The Labute approximate surface area is 303 Å². The number of amides is 1. The van der Waals surface area contributed by atoms with Gasteiger partial charge in [-0.3, -0.25) is 15.1 Å². The van der Waals surface area contributed by atoms with Gasteiger partial charge in [-0.2, -0.15) is 0 Å². The van der Waals surface area contributed by atoms with Crippen molar-refractivity contribution in [3.05, 3.63) is 36.5 Å². The van der Waals surface area contributed by atoms with Crippen molar-refractivity contribution < 1.29 is 34.4 Å². The van der Waals surface area contributed by atoms with Crippen LogP contribution in [0.2, 0.25) is 0 Å². The van der Waals surface area contributed by atoms with Crippen molar-refractivity contribution in [2.24, 2.45) is 27.8 Å².